The quantitative estimate of drug-likeness (QED) is 0.592. The van der Waals surface area contributed by atoms with E-state index < -0.39 is 0 Å². The van der Waals surface area contributed by atoms with Crippen LogP contribution < -0.4 is 15.4 Å². The average Bonchev–Trinajstić information content (AvgIpc) is 2.95. The zero-order chi connectivity index (χ0) is 17.6. The van der Waals surface area contributed by atoms with Gasteiger partial charge in [-0.2, -0.15) is 0 Å². The number of fused-ring (bicyclic) bond motifs is 1. The number of ether oxygens (including phenoxy) is 1. The average molecular weight is 353 g/mol. The van der Waals surface area contributed by atoms with Gasteiger partial charge in [0.05, 0.1) is 7.11 Å². The van der Waals surface area contributed by atoms with Gasteiger partial charge in [0, 0.05) is 29.7 Å². The lowest BCUT2D eigenvalue weighted by Crippen LogP contribution is -2.35. The van der Waals surface area contributed by atoms with E-state index in [9.17, 15) is 0 Å². The minimum atomic E-state index is 0.680. The first-order chi connectivity index (χ1) is 12.2. The van der Waals surface area contributed by atoms with Crippen LogP contribution in [0.2, 0.25) is 0 Å². The number of aromatic amines is 1. The molecule has 3 rings (SSSR count). The van der Waals surface area contributed by atoms with Gasteiger partial charge >= 0.3 is 0 Å². The van der Waals surface area contributed by atoms with E-state index >= 15 is 0 Å². The fourth-order valence-corrected chi connectivity index (χ4v) is 3.13. The van der Waals surface area contributed by atoms with Crippen molar-refractivity contribution in [2.45, 2.75) is 19.9 Å². The Morgan fingerprint density at radius 3 is 2.68 bits per heavy atom. The van der Waals surface area contributed by atoms with Crippen LogP contribution in [0.1, 0.15) is 16.8 Å². The highest BCUT2D eigenvalue weighted by Gasteiger charge is 2.09. The molecule has 0 unspecified atom stereocenters. The summed E-state index contributed by atoms with van der Waals surface area (Å²) in [4.78, 5) is 3.43. The van der Waals surface area contributed by atoms with Crippen molar-refractivity contribution in [1.82, 2.24) is 15.6 Å². The number of hydrogen-bond donors (Lipinski definition) is 3. The molecule has 0 bridgehead atoms. The predicted octanol–water partition coefficient (Wildman–Crippen LogP) is 3.69. The summed E-state index contributed by atoms with van der Waals surface area (Å²) < 4.78 is 5.34. The maximum absolute atomic E-state index is 5.37. The molecule has 0 radical (unpaired) electrons. The second kappa shape index (κ2) is 8.03. The smallest absolute Gasteiger partial charge is 0.166 e. The van der Waals surface area contributed by atoms with E-state index in [0.717, 1.165) is 30.8 Å². The van der Waals surface area contributed by atoms with E-state index in [4.69, 9.17) is 17.0 Å². The van der Waals surface area contributed by atoms with Gasteiger partial charge < -0.3 is 20.4 Å². The molecule has 0 atom stereocenters. The van der Waals surface area contributed by atoms with Crippen molar-refractivity contribution in [2.24, 2.45) is 0 Å². The summed E-state index contributed by atoms with van der Waals surface area (Å²) in [5.74, 6) is 0.876. The SMILES string of the molecule is COc1ccc2[nH]c(C)c(CCNC(=S)NCc3ccccc3)c2c1. The highest BCUT2D eigenvalue weighted by atomic mass is 32.1. The van der Waals surface area contributed by atoms with Crippen LogP contribution in [-0.2, 0) is 13.0 Å². The highest BCUT2D eigenvalue weighted by molar-refractivity contribution is 7.80. The summed E-state index contributed by atoms with van der Waals surface area (Å²) >= 11 is 5.37. The predicted molar refractivity (Wildman–Crippen MR) is 107 cm³/mol. The number of thiocarbonyl (C=S) groups is 1. The largest absolute Gasteiger partial charge is 0.497 e. The molecule has 0 amide bonds. The summed E-state index contributed by atoms with van der Waals surface area (Å²) in [5.41, 5.74) is 4.84. The summed E-state index contributed by atoms with van der Waals surface area (Å²) in [6.07, 6.45) is 0.895. The zero-order valence-corrected chi connectivity index (χ0v) is 15.4. The van der Waals surface area contributed by atoms with E-state index in [2.05, 4.69) is 46.8 Å². The van der Waals surface area contributed by atoms with Gasteiger partial charge in [0.15, 0.2) is 5.11 Å². The molecule has 0 aliphatic heterocycles. The number of benzene rings is 2. The lowest BCUT2D eigenvalue weighted by molar-refractivity contribution is 0.415. The molecular weight excluding hydrogens is 330 g/mol. The van der Waals surface area contributed by atoms with Gasteiger partial charge in [-0.05, 0) is 54.9 Å². The first-order valence-corrected chi connectivity index (χ1v) is 8.79. The molecule has 3 aromatic rings. The minimum Gasteiger partial charge on any atom is -0.497 e. The van der Waals surface area contributed by atoms with Crippen LogP contribution in [0.4, 0.5) is 0 Å². The van der Waals surface area contributed by atoms with E-state index in [-0.39, 0.29) is 0 Å². The molecule has 0 aliphatic carbocycles. The molecule has 25 heavy (non-hydrogen) atoms. The number of rotatable bonds is 6. The second-order valence-corrected chi connectivity index (χ2v) is 6.39. The Morgan fingerprint density at radius 2 is 1.92 bits per heavy atom. The summed E-state index contributed by atoms with van der Waals surface area (Å²) in [7, 11) is 1.69. The van der Waals surface area contributed by atoms with Crippen LogP contribution in [0.25, 0.3) is 10.9 Å². The molecule has 0 spiro atoms. The Morgan fingerprint density at radius 1 is 1.12 bits per heavy atom. The molecule has 0 aliphatic rings. The molecule has 2 aromatic carbocycles. The third kappa shape index (κ3) is 4.31. The summed E-state index contributed by atoms with van der Waals surface area (Å²) in [5, 5.41) is 8.42. The van der Waals surface area contributed by atoms with Crippen LogP contribution in [0.5, 0.6) is 5.75 Å². The van der Waals surface area contributed by atoms with Gasteiger partial charge in [-0.3, -0.25) is 0 Å². The van der Waals surface area contributed by atoms with Crippen molar-refractivity contribution in [3.63, 3.8) is 0 Å². The van der Waals surface area contributed by atoms with Crippen LogP contribution >= 0.6 is 12.2 Å². The maximum atomic E-state index is 5.37. The number of hydrogen-bond acceptors (Lipinski definition) is 2. The molecule has 1 aromatic heterocycles. The van der Waals surface area contributed by atoms with Crippen LogP contribution in [0.15, 0.2) is 48.5 Å². The number of nitrogens with one attached hydrogen (secondary N) is 3. The van der Waals surface area contributed by atoms with Gasteiger partial charge in [-0.25, -0.2) is 0 Å². The number of H-pyrrole nitrogens is 1. The van der Waals surface area contributed by atoms with Gasteiger partial charge in [0.25, 0.3) is 0 Å². The Bertz CT molecular complexity index is 858. The van der Waals surface area contributed by atoms with E-state index in [1.165, 1.54) is 22.2 Å². The van der Waals surface area contributed by atoms with E-state index in [0.29, 0.717) is 5.11 Å². The first kappa shape index (κ1) is 17.3. The molecule has 5 heteroatoms. The van der Waals surface area contributed by atoms with Crippen LogP contribution in [-0.4, -0.2) is 23.8 Å². The van der Waals surface area contributed by atoms with Crippen LogP contribution in [0.3, 0.4) is 0 Å². The monoisotopic (exact) mass is 353 g/mol. The normalized spacial score (nSPS) is 10.6. The molecule has 3 N–H and O–H groups in total. The fourth-order valence-electron chi connectivity index (χ4n) is 2.95. The standard InChI is InChI=1S/C20H23N3OS/c1-14-17(18-12-16(24-2)8-9-19(18)23-14)10-11-21-20(25)22-13-15-6-4-3-5-7-15/h3-9,12,23H,10-11,13H2,1-2H3,(H2,21,22,25). The fraction of sp³-hybridized carbons (Fsp3) is 0.250. The highest BCUT2D eigenvalue weighted by Crippen LogP contribution is 2.26. The Kier molecular flexibility index (Phi) is 5.56. The topological polar surface area (TPSA) is 49.1 Å². The molecule has 4 nitrogen and oxygen atoms in total. The molecule has 1 heterocycles. The van der Waals surface area contributed by atoms with E-state index in [1.807, 2.05) is 24.3 Å². The van der Waals surface area contributed by atoms with Gasteiger partial charge in [0.1, 0.15) is 5.75 Å². The van der Waals surface area contributed by atoms with E-state index in [1.54, 1.807) is 7.11 Å². The molecule has 0 saturated carbocycles. The van der Waals surface area contributed by atoms with Crippen molar-refractivity contribution in [3.8, 4) is 5.75 Å². The third-order valence-electron chi connectivity index (χ3n) is 4.28. The second-order valence-electron chi connectivity index (χ2n) is 5.99. The lowest BCUT2D eigenvalue weighted by atomic mass is 10.1. The Labute approximate surface area is 153 Å². The van der Waals surface area contributed by atoms with Gasteiger partial charge in [-0.15, -0.1) is 0 Å². The number of aryl methyl sites for hydroxylation is 1. The first-order valence-electron chi connectivity index (χ1n) is 8.38. The zero-order valence-electron chi connectivity index (χ0n) is 14.6. The van der Waals surface area contributed by atoms with Crippen molar-refractivity contribution in [3.05, 3.63) is 65.4 Å². The molecule has 130 valence electrons. The van der Waals surface area contributed by atoms with Crippen molar-refractivity contribution < 1.29 is 4.74 Å². The Balaban J connectivity index is 1.55. The molecule has 0 fully saturated rings. The number of methoxy groups -OCH3 is 1. The third-order valence-corrected chi connectivity index (χ3v) is 4.57. The van der Waals surface area contributed by atoms with Gasteiger partial charge in [0.2, 0.25) is 0 Å². The minimum absolute atomic E-state index is 0.680. The van der Waals surface area contributed by atoms with Crippen molar-refractivity contribution >= 4 is 28.2 Å². The Hall–Kier alpha value is -2.53. The van der Waals surface area contributed by atoms with Gasteiger partial charge in [-0.1, -0.05) is 30.3 Å². The molecule has 0 saturated heterocycles. The number of aromatic nitrogens is 1. The maximum Gasteiger partial charge on any atom is 0.166 e. The summed E-state index contributed by atoms with van der Waals surface area (Å²) in [6.45, 7) is 3.62. The molecular formula is C20H23N3OS. The lowest BCUT2D eigenvalue weighted by Gasteiger charge is -2.11. The van der Waals surface area contributed by atoms with Crippen LogP contribution in [0, 0.1) is 6.92 Å². The summed E-state index contributed by atoms with van der Waals surface area (Å²) in [6, 6.07) is 16.4. The van der Waals surface area contributed by atoms with Crippen molar-refractivity contribution in [1.29, 1.82) is 0 Å². The van der Waals surface area contributed by atoms with Crippen molar-refractivity contribution in [2.75, 3.05) is 13.7 Å².